The zero-order chi connectivity index (χ0) is 30.1. The zero-order valence-electron chi connectivity index (χ0n) is 24.4. The minimum Gasteiger partial charge on any atom is -0.453 e. The average Bonchev–Trinajstić information content (AvgIpc) is 3.00. The number of aliphatic hydroxyl groups excluding tert-OH is 1. The van der Waals surface area contributed by atoms with E-state index in [4.69, 9.17) is 14.2 Å². The van der Waals surface area contributed by atoms with Crippen molar-refractivity contribution in [1.82, 2.24) is 10.2 Å². The number of nitrogens with one attached hydrogen (secondary N) is 1. The molecule has 0 spiro atoms. The Hall–Kier alpha value is -3.82. The van der Waals surface area contributed by atoms with E-state index in [1.54, 1.807) is 0 Å². The summed E-state index contributed by atoms with van der Waals surface area (Å²) in [6, 6.07) is 25.9. The number of nitrogens with zero attached hydrogens (tertiary/aromatic N) is 1. The Kier molecular flexibility index (Phi) is 11.0. The van der Waals surface area contributed by atoms with Crippen LogP contribution in [0, 0.1) is 0 Å². The van der Waals surface area contributed by atoms with Crippen molar-refractivity contribution in [2.24, 2.45) is 0 Å². The second-order valence-electron chi connectivity index (χ2n) is 10.6. The zero-order valence-corrected chi connectivity index (χ0v) is 24.4. The van der Waals surface area contributed by atoms with E-state index in [2.05, 4.69) is 28.9 Å². The predicted molar refractivity (Wildman–Crippen MR) is 160 cm³/mol. The molecule has 2 N–H and O–H groups in total. The van der Waals surface area contributed by atoms with Crippen LogP contribution in [0.4, 0.5) is 0 Å². The SMILES string of the molecule is C=CCN(C)C[C@H]1OC(c2ccc(CNC(=O)[C@H](C)OC(C)=O)cc2)O[C@@H](c2ccc(CO)cc2)[C@@H]1c1ccccc1. The maximum atomic E-state index is 12.2. The molecule has 5 atom stereocenters. The maximum Gasteiger partial charge on any atom is 0.303 e. The molecule has 1 saturated heterocycles. The van der Waals surface area contributed by atoms with Gasteiger partial charge in [-0.1, -0.05) is 84.9 Å². The first kappa shape index (κ1) is 31.1. The van der Waals surface area contributed by atoms with E-state index in [-0.39, 0.29) is 30.6 Å². The Balaban J connectivity index is 1.60. The van der Waals surface area contributed by atoms with Crippen molar-refractivity contribution < 1.29 is 28.9 Å². The highest BCUT2D eigenvalue weighted by atomic mass is 16.7. The number of benzene rings is 3. The Morgan fingerprint density at radius 2 is 1.62 bits per heavy atom. The molecule has 0 aromatic heterocycles. The van der Waals surface area contributed by atoms with E-state index < -0.39 is 18.4 Å². The van der Waals surface area contributed by atoms with Gasteiger partial charge in [0.2, 0.25) is 0 Å². The molecule has 1 unspecified atom stereocenters. The van der Waals surface area contributed by atoms with E-state index in [0.29, 0.717) is 13.1 Å². The molecule has 1 aliphatic rings. The summed E-state index contributed by atoms with van der Waals surface area (Å²) in [6.45, 7) is 8.37. The van der Waals surface area contributed by atoms with Gasteiger partial charge < -0.3 is 29.5 Å². The highest BCUT2D eigenvalue weighted by Crippen LogP contribution is 2.47. The Bertz CT molecular complexity index is 1310. The minimum atomic E-state index is -0.858. The quantitative estimate of drug-likeness (QED) is 0.238. The summed E-state index contributed by atoms with van der Waals surface area (Å²) in [5, 5.41) is 12.4. The van der Waals surface area contributed by atoms with Gasteiger partial charge in [0, 0.05) is 38.0 Å². The molecule has 1 fully saturated rings. The summed E-state index contributed by atoms with van der Waals surface area (Å²) < 4.78 is 18.4. The maximum absolute atomic E-state index is 12.2. The molecule has 4 rings (SSSR count). The lowest BCUT2D eigenvalue weighted by molar-refractivity contribution is -0.263. The van der Waals surface area contributed by atoms with Crippen molar-refractivity contribution in [2.45, 2.75) is 57.5 Å². The van der Waals surface area contributed by atoms with E-state index in [1.807, 2.05) is 79.9 Å². The van der Waals surface area contributed by atoms with Crippen LogP contribution >= 0.6 is 0 Å². The lowest BCUT2D eigenvalue weighted by Gasteiger charge is -2.44. The monoisotopic (exact) mass is 572 g/mol. The molecule has 3 aromatic carbocycles. The largest absolute Gasteiger partial charge is 0.453 e. The third-order valence-electron chi connectivity index (χ3n) is 7.33. The highest BCUT2D eigenvalue weighted by molar-refractivity contribution is 5.82. The number of amides is 1. The van der Waals surface area contributed by atoms with Gasteiger partial charge in [0.05, 0.1) is 18.8 Å². The number of esters is 1. The summed E-state index contributed by atoms with van der Waals surface area (Å²) in [5.74, 6) is -0.939. The molecule has 1 aliphatic heterocycles. The number of aliphatic hydroxyl groups is 1. The second kappa shape index (κ2) is 14.9. The topological polar surface area (TPSA) is 97.3 Å². The van der Waals surface area contributed by atoms with E-state index in [0.717, 1.165) is 34.4 Å². The van der Waals surface area contributed by atoms with E-state index in [9.17, 15) is 14.7 Å². The van der Waals surface area contributed by atoms with Gasteiger partial charge in [-0.15, -0.1) is 6.58 Å². The smallest absolute Gasteiger partial charge is 0.303 e. The van der Waals surface area contributed by atoms with Crippen LogP contribution in [0.25, 0.3) is 0 Å². The molecular formula is C34H40N2O6. The Morgan fingerprint density at radius 1 is 0.976 bits per heavy atom. The highest BCUT2D eigenvalue weighted by Gasteiger charge is 2.42. The summed E-state index contributed by atoms with van der Waals surface area (Å²) in [5.41, 5.74) is 4.72. The summed E-state index contributed by atoms with van der Waals surface area (Å²) in [4.78, 5) is 25.6. The lowest BCUT2D eigenvalue weighted by Crippen LogP contribution is -2.43. The van der Waals surface area contributed by atoms with Crippen molar-refractivity contribution in [3.05, 3.63) is 119 Å². The van der Waals surface area contributed by atoms with Crippen LogP contribution in [-0.4, -0.2) is 54.2 Å². The third kappa shape index (κ3) is 8.14. The summed E-state index contributed by atoms with van der Waals surface area (Å²) in [7, 11) is 2.05. The molecule has 8 nitrogen and oxygen atoms in total. The Morgan fingerprint density at radius 3 is 2.24 bits per heavy atom. The number of hydrogen-bond donors (Lipinski definition) is 2. The van der Waals surface area contributed by atoms with Crippen molar-refractivity contribution in [1.29, 1.82) is 0 Å². The van der Waals surface area contributed by atoms with Crippen LogP contribution in [0.1, 0.15) is 60.0 Å². The van der Waals surface area contributed by atoms with Crippen LogP contribution in [0.5, 0.6) is 0 Å². The van der Waals surface area contributed by atoms with Crippen molar-refractivity contribution in [3.63, 3.8) is 0 Å². The van der Waals surface area contributed by atoms with E-state index >= 15 is 0 Å². The molecule has 42 heavy (non-hydrogen) atoms. The molecule has 0 saturated carbocycles. The number of ether oxygens (including phenoxy) is 3. The van der Waals surface area contributed by atoms with Crippen molar-refractivity contribution in [2.75, 3.05) is 20.1 Å². The fourth-order valence-electron chi connectivity index (χ4n) is 5.20. The first-order valence-corrected chi connectivity index (χ1v) is 14.2. The molecule has 0 aliphatic carbocycles. The van der Waals surface area contributed by atoms with Gasteiger partial charge in [0.1, 0.15) is 0 Å². The number of carbonyl (C=O) groups excluding carboxylic acids is 2. The molecule has 1 heterocycles. The molecule has 8 heteroatoms. The molecular weight excluding hydrogens is 532 g/mol. The van der Waals surface area contributed by atoms with Gasteiger partial charge >= 0.3 is 5.97 Å². The van der Waals surface area contributed by atoms with Gasteiger partial charge in [-0.3, -0.25) is 9.59 Å². The molecule has 3 aromatic rings. The molecule has 1 amide bonds. The van der Waals surface area contributed by atoms with Crippen molar-refractivity contribution in [3.8, 4) is 0 Å². The predicted octanol–water partition coefficient (Wildman–Crippen LogP) is 4.80. The Labute approximate surface area is 247 Å². The van der Waals surface area contributed by atoms with Gasteiger partial charge in [0.15, 0.2) is 12.4 Å². The fraction of sp³-hybridized carbons (Fsp3) is 0.353. The van der Waals surface area contributed by atoms with E-state index in [1.165, 1.54) is 13.8 Å². The van der Waals surface area contributed by atoms with Crippen LogP contribution in [-0.2, 0) is 37.0 Å². The number of likely N-dealkylation sites (N-methyl/N-ethyl adjacent to an activating group) is 1. The van der Waals surface area contributed by atoms with Crippen LogP contribution in [0.2, 0.25) is 0 Å². The average molecular weight is 573 g/mol. The third-order valence-corrected chi connectivity index (χ3v) is 7.33. The van der Waals surface area contributed by atoms with Gasteiger partial charge in [-0.25, -0.2) is 0 Å². The standard InChI is InChI=1S/C34H40N2O6/c1-5-19-36(4)21-30-31(27-9-7-6-8-10-27)32(28-15-13-26(22-37)14-16-28)42-34(41-30)29-17-11-25(12-18-29)20-35-33(39)23(2)40-24(3)38/h5-18,23,30-32,34,37H,1,19-22H2,2-4H3,(H,35,39)/t23-,30+,31+,32-,34?/m0/s1. The normalized spacial score (nSPS) is 21.0. The van der Waals surface area contributed by atoms with Crippen molar-refractivity contribution >= 4 is 11.9 Å². The second-order valence-corrected chi connectivity index (χ2v) is 10.6. The first-order valence-electron chi connectivity index (χ1n) is 14.2. The van der Waals surface area contributed by atoms with Crippen LogP contribution in [0.15, 0.2) is 91.5 Å². The first-order chi connectivity index (χ1) is 20.3. The molecule has 222 valence electrons. The number of carbonyl (C=O) groups is 2. The fourth-order valence-corrected chi connectivity index (χ4v) is 5.20. The molecule has 0 bridgehead atoms. The van der Waals surface area contributed by atoms with Gasteiger partial charge in [-0.2, -0.15) is 0 Å². The van der Waals surface area contributed by atoms with Gasteiger partial charge in [-0.05, 0) is 36.2 Å². The summed E-state index contributed by atoms with van der Waals surface area (Å²) >= 11 is 0. The minimum absolute atomic E-state index is 0.0237. The summed E-state index contributed by atoms with van der Waals surface area (Å²) in [6.07, 6.45) is -0.0996. The lowest BCUT2D eigenvalue weighted by atomic mass is 9.83. The molecule has 0 radical (unpaired) electrons. The van der Waals surface area contributed by atoms with Crippen LogP contribution in [0.3, 0.4) is 0 Å². The van der Waals surface area contributed by atoms with Gasteiger partial charge in [0.25, 0.3) is 5.91 Å². The van der Waals surface area contributed by atoms with Crippen LogP contribution < -0.4 is 5.32 Å². The number of rotatable bonds is 12. The number of hydrogen-bond acceptors (Lipinski definition) is 7.